The zero-order valence-electron chi connectivity index (χ0n) is 6.96. The lowest BCUT2D eigenvalue weighted by Gasteiger charge is -2.29. The molecule has 3 nitrogen and oxygen atoms in total. The lowest BCUT2D eigenvalue weighted by Crippen LogP contribution is -2.37. The SMILES string of the molecule is CC1C(C#N)=C(N)CCN1C. The maximum Gasteiger partial charge on any atom is 0.0982 e. The van der Waals surface area contributed by atoms with Crippen LogP contribution in [0.25, 0.3) is 0 Å². The third kappa shape index (κ3) is 1.36. The third-order valence-electron chi connectivity index (χ3n) is 2.28. The molecule has 0 bridgehead atoms. The Hall–Kier alpha value is -1.01. The average Bonchev–Trinajstić information content (AvgIpc) is 1.99. The van der Waals surface area contributed by atoms with Gasteiger partial charge < -0.3 is 5.73 Å². The number of likely N-dealkylation sites (N-methyl/N-ethyl adjacent to an activating group) is 1. The van der Waals surface area contributed by atoms with E-state index in [-0.39, 0.29) is 6.04 Å². The predicted molar refractivity (Wildman–Crippen MR) is 43.5 cm³/mol. The summed E-state index contributed by atoms with van der Waals surface area (Å²) in [6, 6.07) is 2.34. The van der Waals surface area contributed by atoms with Gasteiger partial charge >= 0.3 is 0 Å². The van der Waals surface area contributed by atoms with Gasteiger partial charge in [-0.05, 0) is 14.0 Å². The van der Waals surface area contributed by atoms with E-state index >= 15 is 0 Å². The molecule has 0 saturated heterocycles. The molecule has 1 atom stereocenters. The van der Waals surface area contributed by atoms with Crippen LogP contribution in [0.1, 0.15) is 13.3 Å². The Morgan fingerprint density at radius 1 is 1.73 bits per heavy atom. The van der Waals surface area contributed by atoms with E-state index in [0.717, 1.165) is 24.2 Å². The van der Waals surface area contributed by atoms with Crippen molar-refractivity contribution < 1.29 is 0 Å². The number of nitrogens with two attached hydrogens (primary N) is 1. The van der Waals surface area contributed by atoms with Gasteiger partial charge in [-0.25, -0.2) is 0 Å². The standard InChI is InChI=1S/C8H13N3/c1-6-7(5-9)8(10)3-4-11(6)2/h6H,3-4,10H2,1-2H3. The molecule has 0 aromatic heterocycles. The van der Waals surface area contributed by atoms with E-state index < -0.39 is 0 Å². The van der Waals surface area contributed by atoms with Crippen molar-refractivity contribution >= 4 is 0 Å². The summed E-state index contributed by atoms with van der Waals surface area (Å²) >= 11 is 0. The number of nitrogens with zero attached hydrogens (tertiary/aromatic N) is 2. The molecule has 0 radical (unpaired) electrons. The van der Waals surface area contributed by atoms with Gasteiger partial charge in [0, 0.05) is 24.7 Å². The van der Waals surface area contributed by atoms with E-state index in [1.54, 1.807) is 0 Å². The first-order valence-electron chi connectivity index (χ1n) is 3.75. The topological polar surface area (TPSA) is 53.1 Å². The zero-order chi connectivity index (χ0) is 8.43. The van der Waals surface area contributed by atoms with Crippen molar-refractivity contribution in [2.24, 2.45) is 5.73 Å². The molecule has 3 heteroatoms. The molecule has 60 valence electrons. The van der Waals surface area contributed by atoms with E-state index in [0.29, 0.717) is 0 Å². The van der Waals surface area contributed by atoms with Gasteiger partial charge in [-0.2, -0.15) is 5.26 Å². The highest BCUT2D eigenvalue weighted by molar-refractivity contribution is 5.32. The summed E-state index contributed by atoms with van der Waals surface area (Å²) in [7, 11) is 2.01. The van der Waals surface area contributed by atoms with E-state index in [9.17, 15) is 0 Å². The van der Waals surface area contributed by atoms with Crippen LogP contribution in [-0.4, -0.2) is 24.5 Å². The number of hydrogen-bond acceptors (Lipinski definition) is 3. The van der Waals surface area contributed by atoms with Crippen LogP contribution in [0.15, 0.2) is 11.3 Å². The van der Waals surface area contributed by atoms with Gasteiger partial charge in [0.15, 0.2) is 0 Å². The summed E-state index contributed by atoms with van der Waals surface area (Å²) in [6.07, 6.45) is 0.823. The monoisotopic (exact) mass is 151 g/mol. The Labute approximate surface area is 67.1 Å². The van der Waals surface area contributed by atoms with Gasteiger partial charge in [0.2, 0.25) is 0 Å². The fraction of sp³-hybridized carbons (Fsp3) is 0.625. The second-order valence-electron chi connectivity index (χ2n) is 2.96. The molecule has 1 rings (SSSR count). The molecule has 1 unspecified atom stereocenters. The van der Waals surface area contributed by atoms with Crippen LogP contribution in [0, 0.1) is 11.3 Å². The minimum atomic E-state index is 0.189. The average molecular weight is 151 g/mol. The molecule has 0 amide bonds. The molecule has 0 aromatic rings. The minimum absolute atomic E-state index is 0.189. The second-order valence-corrected chi connectivity index (χ2v) is 2.96. The predicted octanol–water partition coefficient (Wildman–Crippen LogP) is 0.447. The van der Waals surface area contributed by atoms with Crippen LogP contribution >= 0.6 is 0 Å². The van der Waals surface area contributed by atoms with Crippen molar-refractivity contribution in [2.45, 2.75) is 19.4 Å². The summed E-state index contributed by atoms with van der Waals surface area (Å²) in [6.45, 7) is 2.96. The molecule has 0 saturated carbocycles. The van der Waals surface area contributed by atoms with E-state index in [4.69, 9.17) is 11.0 Å². The summed E-state index contributed by atoms with van der Waals surface area (Å²) < 4.78 is 0. The molecular formula is C8H13N3. The molecule has 0 aromatic carbocycles. The van der Waals surface area contributed by atoms with Crippen molar-refractivity contribution in [3.8, 4) is 6.07 Å². The number of rotatable bonds is 0. The molecule has 0 fully saturated rings. The van der Waals surface area contributed by atoms with Crippen LogP contribution in [0.4, 0.5) is 0 Å². The first-order valence-corrected chi connectivity index (χ1v) is 3.75. The van der Waals surface area contributed by atoms with Gasteiger partial charge in [0.25, 0.3) is 0 Å². The Morgan fingerprint density at radius 2 is 2.36 bits per heavy atom. The lowest BCUT2D eigenvalue weighted by atomic mass is 10.0. The van der Waals surface area contributed by atoms with E-state index in [1.807, 2.05) is 14.0 Å². The molecule has 1 heterocycles. The minimum Gasteiger partial charge on any atom is -0.401 e. The Balaban J connectivity index is 2.91. The summed E-state index contributed by atoms with van der Waals surface area (Å²) in [4.78, 5) is 2.13. The van der Waals surface area contributed by atoms with Crippen molar-refractivity contribution in [1.82, 2.24) is 4.90 Å². The van der Waals surface area contributed by atoms with Crippen molar-refractivity contribution in [2.75, 3.05) is 13.6 Å². The first-order chi connectivity index (χ1) is 5.16. The van der Waals surface area contributed by atoms with E-state index in [2.05, 4.69) is 11.0 Å². The van der Waals surface area contributed by atoms with Gasteiger partial charge in [0.05, 0.1) is 11.6 Å². The maximum atomic E-state index is 8.74. The summed E-state index contributed by atoms with van der Waals surface area (Å²) in [5.41, 5.74) is 7.17. The third-order valence-corrected chi connectivity index (χ3v) is 2.28. The maximum absolute atomic E-state index is 8.74. The second kappa shape index (κ2) is 2.93. The van der Waals surface area contributed by atoms with Crippen LogP contribution in [0.5, 0.6) is 0 Å². The van der Waals surface area contributed by atoms with E-state index in [1.165, 1.54) is 0 Å². The highest BCUT2D eigenvalue weighted by atomic mass is 15.1. The molecule has 0 spiro atoms. The Kier molecular flexibility index (Phi) is 2.16. The Morgan fingerprint density at radius 3 is 2.82 bits per heavy atom. The Bertz CT molecular complexity index is 224. The van der Waals surface area contributed by atoms with Crippen LogP contribution in [-0.2, 0) is 0 Å². The van der Waals surface area contributed by atoms with Gasteiger partial charge in [-0.15, -0.1) is 0 Å². The zero-order valence-corrected chi connectivity index (χ0v) is 6.96. The van der Waals surface area contributed by atoms with Gasteiger partial charge in [-0.1, -0.05) is 0 Å². The molecule has 1 aliphatic rings. The lowest BCUT2D eigenvalue weighted by molar-refractivity contribution is 0.276. The van der Waals surface area contributed by atoms with Crippen LogP contribution in [0.3, 0.4) is 0 Å². The first kappa shape index (κ1) is 8.09. The van der Waals surface area contributed by atoms with Crippen molar-refractivity contribution in [3.63, 3.8) is 0 Å². The summed E-state index contributed by atoms with van der Waals surface area (Å²) in [5, 5.41) is 8.74. The van der Waals surface area contributed by atoms with Gasteiger partial charge in [0.1, 0.15) is 0 Å². The highest BCUT2D eigenvalue weighted by Gasteiger charge is 2.21. The molecule has 1 aliphatic heterocycles. The quantitative estimate of drug-likeness (QED) is 0.546. The number of hydrogen-bond donors (Lipinski definition) is 1. The molecule has 2 N–H and O–H groups in total. The molecule has 0 aliphatic carbocycles. The fourth-order valence-electron chi connectivity index (χ4n) is 1.28. The van der Waals surface area contributed by atoms with Crippen LogP contribution in [0.2, 0.25) is 0 Å². The van der Waals surface area contributed by atoms with Crippen LogP contribution < -0.4 is 5.73 Å². The number of nitriles is 1. The molecular weight excluding hydrogens is 138 g/mol. The normalized spacial score (nSPS) is 26.8. The van der Waals surface area contributed by atoms with Crippen molar-refractivity contribution in [3.05, 3.63) is 11.3 Å². The fourth-order valence-corrected chi connectivity index (χ4v) is 1.28. The largest absolute Gasteiger partial charge is 0.401 e. The van der Waals surface area contributed by atoms with Gasteiger partial charge in [-0.3, -0.25) is 4.90 Å². The highest BCUT2D eigenvalue weighted by Crippen LogP contribution is 2.18. The smallest absolute Gasteiger partial charge is 0.0982 e. The summed E-state index contributed by atoms with van der Waals surface area (Å²) in [5.74, 6) is 0. The molecule has 11 heavy (non-hydrogen) atoms. The van der Waals surface area contributed by atoms with Crippen molar-refractivity contribution in [1.29, 1.82) is 5.26 Å².